The first kappa shape index (κ1) is 19.5. The highest BCUT2D eigenvalue weighted by Crippen LogP contribution is 2.32. The molecule has 0 aliphatic carbocycles. The molecular weight excluding hydrogens is 356 g/mol. The van der Waals surface area contributed by atoms with Crippen LogP contribution in [0.25, 0.3) is 6.08 Å². The van der Waals surface area contributed by atoms with E-state index in [1.165, 1.54) is 32.4 Å². The van der Waals surface area contributed by atoms with Crippen LogP contribution in [-0.2, 0) is 9.84 Å². The first-order chi connectivity index (χ1) is 12.3. The quantitative estimate of drug-likeness (QED) is 0.546. The molecule has 0 fully saturated rings. The first-order valence-electron chi connectivity index (χ1n) is 7.62. The van der Waals surface area contributed by atoms with E-state index in [2.05, 4.69) is 0 Å². The summed E-state index contributed by atoms with van der Waals surface area (Å²) in [5.74, 6) is 0.636. The molecule has 6 nitrogen and oxygen atoms in total. The molecule has 0 saturated heterocycles. The van der Waals surface area contributed by atoms with Gasteiger partial charge in [-0.25, -0.2) is 8.42 Å². The Morgan fingerprint density at radius 1 is 0.923 bits per heavy atom. The molecular formula is C19H20O6S. The number of ether oxygens (including phenoxy) is 3. The second-order valence-corrected chi connectivity index (χ2v) is 7.43. The lowest BCUT2D eigenvalue weighted by atomic mass is 10.1. The predicted octanol–water partition coefficient (Wildman–Crippen LogP) is 3.01. The molecule has 2 aromatic rings. The van der Waals surface area contributed by atoms with Gasteiger partial charge in [-0.05, 0) is 29.8 Å². The van der Waals surface area contributed by atoms with Crippen molar-refractivity contribution in [3.63, 3.8) is 0 Å². The lowest BCUT2D eigenvalue weighted by Crippen LogP contribution is -2.06. The highest BCUT2D eigenvalue weighted by atomic mass is 32.2. The molecule has 0 radical (unpaired) electrons. The van der Waals surface area contributed by atoms with Gasteiger partial charge in [0.05, 0.1) is 26.9 Å². The van der Waals surface area contributed by atoms with E-state index < -0.39 is 9.84 Å². The Morgan fingerprint density at radius 2 is 1.54 bits per heavy atom. The molecule has 2 aromatic carbocycles. The highest BCUT2D eigenvalue weighted by Gasteiger charge is 2.21. The van der Waals surface area contributed by atoms with Gasteiger partial charge in [-0.15, -0.1) is 0 Å². The Hall–Kier alpha value is -2.80. The highest BCUT2D eigenvalue weighted by molar-refractivity contribution is 7.90. The summed E-state index contributed by atoms with van der Waals surface area (Å²) in [7, 11) is 0.767. The van der Waals surface area contributed by atoms with Crippen molar-refractivity contribution in [2.45, 2.75) is 4.90 Å². The van der Waals surface area contributed by atoms with Crippen LogP contribution >= 0.6 is 0 Å². The fourth-order valence-corrected chi connectivity index (χ4v) is 3.16. The van der Waals surface area contributed by atoms with Crippen molar-refractivity contribution in [3.8, 4) is 17.2 Å². The molecule has 2 rings (SSSR count). The van der Waals surface area contributed by atoms with Gasteiger partial charge in [0, 0.05) is 12.3 Å². The van der Waals surface area contributed by atoms with Crippen LogP contribution in [0.4, 0.5) is 0 Å². The SMILES string of the molecule is COc1ccc(C=CC(=O)c2cc(OC)c(S(C)(=O)=O)cc2OC)cc1. The third-order valence-corrected chi connectivity index (χ3v) is 4.81. The van der Waals surface area contributed by atoms with Gasteiger partial charge in [0.1, 0.15) is 22.1 Å². The van der Waals surface area contributed by atoms with Crippen LogP contribution in [-0.4, -0.2) is 41.8 Å². The van der Waals surface area contributed by atoms with Gasteiger partial charge < -0.3 is 14.2 Å². The number of methoxy groups -OCH3 is 3. The van der Waals surface area contributed by atoms with Crippen molar-refractivity contribution in [1.82, 2.24) is 0 Å². The monoisotopic (exact) mass is 376 g/mol. The number of carbonyl (C=O) groups is 1. The van der Waals surface area contributed by atoms with Crippen LogP contribution in [0.3, 0.4) is 0 Å². The summed E-state index contributed by atoms with van der Waals surface area (Å²) in [5.41, 5.74) is 1.03. The molecule has 26 heavy (non-hydrogen) atoms. The maximum atomic E-state index is 12.6. The second kappa shape index (κ2) is 8.05. The molecule has 0 aliphatic heterocycles. The minimum absolute atomic E-state index is 0.0347. The molecule has 0 aliphatic rings. The second-order valence-electron chi connectivity index (χ2n) is 5.45. The average molecular weight is 376 g/mol. The van der Waals surface area contributed by atoms with Crippen molar-refractivity contribution >= 4 is 21.7 Å². The number of sulfone groups is 1. The van der Waals surface area contributed by atoms with E-state index in [-0.39, 0.29) is 27.7 Å². The zero-order valence-electron chi connectivity index (χ0n) is 15.0. The Bertz CT molecular complexity index is 927. The lowest BCUT2D eigenvalue weighted by molar-refractivity contribution is 0.104. The Balaban J connectivity index is 2.39. The predicted molar refractivity (Wildman–Crippen MR) is 99.0 cm³/mol. The number of rotatable bonds is 7. The third-order valence-electron chi connectivity index (χ3n) is 3.69. The number of allylic oxidation sites excluding steroid dienone is 1. The van der Waals surface area contributed by atoms with Crippen molar-refractivity contribution in [2.24, 2.45) is 0 Å². The van der Waals surface area contributed by atoms with E-state index >= 15 is 0 Å². The van der Waals surface area contributed by atoms with E-state index in [0.29, 0.717) is 0 Å². The molecule has 0 amide bonds. The summed E-state index contributed by atoms with van der Waals surface area (Å²) in [6, 6.07) is 9.86. The minimum atomic E-state index is -3.53. The van der Waals surface area contributed by atoms with Crippen LogP contribution in [0, 0.1) is 0 Å². The van der Waals surface area contributed by atoms with Crippen LogP contribution in [0.1, 0.15) is 15.9 Å². The molecule has 0 aromatic heterocycles. The maximum Gasteiger partial charge on any atom is 0.189 e. The molecule has 0 spiro atoms. The Kier molecular flexibility index (Phi) is 6.05. The number of hydrogen-bond donors (Lipinski definition) is 0. The topological polar surface area (TPSA) is 78.9 Å². The van der Waals surface area contributed by atoms with Gasteiger partial charge in [-0.2, -0.15) is 0 Å². The molecule has 7 heteroatoms. The van der Waals surface area contributed by atoms with Crippen LogP contribution in [0.5, 0.6) is 17.2 Å². The molecule has 138 valence electrons. The van der Waals surface area contributed by atoms with Crippen LogP contribution in [0.15, 0.2) is 47.4 Å². The third kappa shape index (κ3) is 4.43. The molecule has 0 saturated carbocycles. The summed E-state index contributed by atoms with van der Waals surface area (Å²) < 4.78 is 39.2. The number of hydrogen-bond acceptors (Lipinski definition) is 6. The van der Waals surface area contributed by atoms with E-state index in [4.69, 9.17) is 14.2 Å². The van der Waals surface area contributed by atoms with Crippen LogP contribution in [0.2, 0.25) is 0 Å². The molecule has 0 N–H and O–H groups in total. The summed E-state index contributed by atoms with van der Waals surface area (Å²) in [4.78, 5) is 12.5. The smallest absolute Gasteiger partial charge is 0.189 e. The molecule has 0 atom stereocenters. The normalized spacial score (nSPS) is 11.4. The van der Waals surface area contributed by atoms with Crippen molar-refractivity contribution in [3.05, 3.63) is 53.6 Å². The average Bonchev–Trinajstić information content (AvgIpc) is 2.64. The fraction of sp³-hybridized carbons (Fsp3) is 0.211. The number of benzene rings is 2. The lowest BCUT2D eigenvalue weighted by Gasteiger charge is -2.12. The first-order valence-corrected chi connectivity index (χ1v) is 9.52. The van der Waals surface area contributed by atoms with Gasteiger partial charge in [0.25, 0.3) is 0 Å². The minimum Gasteiger partial charge on any atom is -0.497 e. The van der Waals surface area contributed by atoms with Gasteiger partial charge in [0.15, 0.2) is 15.6 Å². The molecule has 0 unspecified atom stereocenters. The maximum absolute atomic E-state index is 12.6. The zero-order valence-corrected chi connectivity index (χ0v) is 15.8. The molecule has 0 bridgehead atoms. The zero-order chi connectivity index (χ0) is 19.3. The molecule has 0 heterocycles. The number of ketones is 1. The van der Waals surface area contributed by atoms with Crippen molar-refractivity contribution in [1.29, 1.82) is 0 Å². The Labute approximate surface area is 152 Å². The van der Waals surface area contributed by atoms with Gasteiger partial charge >= 0.3 is 0 Å². The largest absolute Gasteiger partial charge is 0.497 e. The number of carbonyl (C=O) groups excluding carboxylic acids is 1. The van der Waals surface area contributed by atoms with Crippen molar-refractivity contribution < 1.29 is 27.4 Å². The Morgan fingerprint density at radius 3 is 2.04 bits per heavy atom. The van der Waals surface area contributed by atoms with Gasteiger partial charge in [-0.1, -0.05) is 18.2 Å². The van der Waals surface area contributed by atoms with Gasteiger partial charge in [-0.3, -0.25) is 4.79 Å². The standard InChI is InChI=1S/C19H20O6S/c1-23-14-8-5-13(6-9-14)7-10-16(20)15-11-18(25-3)19(26(4,21)22)12-17(15)24-2/h5-12H,1-4H3. The van der Waals surface area contributed by atoms with Crippen molar-refractivity contribution in [2.75, 3.05) is 27.6 Å². The van der Waals surface area contributed by atoms with E-state index in [0.717, 1.165) is 17.6 Å². The fourth-order valence-electron chi connectivity index (χ4n) is 2.33. The van der Waals surface area contributed by atoms with E-state index in [1.54, 1.807) is 25.3 Å². The van der Waals surface area contributed by atoms with E-state index in [1.807, 2.05) is 12.1 Å². The summed E-state index contributed by atoms with van der Waals surface area (Å²) in [5, 5.41) is 0. The summed E-state index contributed by atoms with van der Waals surface area (Å²) >= 11 is 0. The van der Waals surface area contributed by atoms with Gasteiger partial charge in [0.2, 0.25) is 0 Å². The summed E-state index contributed by atoms with van der Waals surface area (Å²) in [6.07, 6.45) is 4.10. The van der Waals surface area contributed by atoms with E-state index in [9.17, 15) is 13.2 Å². The van der Waals surface area contributed by atoms with Crippen LogP contribution < -0.4 is 14.2 Å². The summed E-state index contributed by atoms with van der Waals surface area (Å²) in [6.45, 7) is 0.